The molecule has 6 heteroatoms. The number of amides is 1. The van der Waals surface area contributed by atoms with Gasteiger partial charge in [-0.05, 0) is 18.1 Å². The van der Waals surface area contributed by atoms with Gasteiger partial charge in [-0.1, -0.05) is 30.9 Å². The van der Waals surface area contributed by atoms with Crippen LogP contribution < -0.4 is 5.73 Å². The predicted molar refractivity (Wildman–Crippen MR) is 83.4 cm³/mol. The third-order valence-corrected chi connectivity index (χ3v) is 4.94. The lowest BCUT2D eigenvalue weighted by Crippen LogP contribution is -2.39. The first kappa shape index (κ1) is 15.6. The second kappa shape index (κ2) is 6.42. The number of ether oxygens (including phenoxy) is 1. The van der Waals surface area contributed by atoms with Crippen LogP contribution in [-0.4, -0.2) is 37.1 Å². The van der Waals surface area contributed by atoms with Crippen LogP contribution in [-0.2, 0) is 4.74 Å². The Bertz CT molecular complexity index is 578. The molecular weight excluding hydrogens is 307 g/mol. The van der Waals surface area contributed by atoms with E-state index in [4.69, 9.17) is 22.1 Å². The standard InChI is InChI=1S/C16H20ClFN2O2/c17-12-6-13(15(19)14(18)7-12)16(21)20-4-5-22-9-11(8-20)10-2-1-3-10/h6-7,10-11H,1-5,8-9,19H2. The number of carbonyl (C=O) groups excluding carboxylic acids is 1. The Labute approximate surface area is 134 Å². The van der Waals surface area contributed by atoms with E-state index in [9.17, 15) is 9.18 Å². The number of carbonyl (C=O) groups is 1. The minimum Gasteiger partial charge on any atom is -0.396 e. The molecular formula is C16H20ClFN2O2. The zero-order chi connectivity index (χ0) is 15.7. The average molecular weight is 327 g/mol. The van der Waals surface area contributed by atoms with Gasteiger partial charge in [-0.25, -0.2) is 4.39 Å². The van der Waals surface area contributed by atoms with Crippen LogP contribution >= 0.6 is 11.6 Å². The quantitative estimate of drug-likeness (QED) is 0.850. The molecule has 0 aromatic heterocycles. The number of anilines is 1. The summed E-state index contributed by atoms with van der Waals surface area (Å²) in [6.45, 7) is 2.32. The number of rotatable bonds is 2. The minimum absolute atomic E-state index is 0.138. The van der Waals surface area contributed by atoms with Crippen molar-refractivity contribution in [1.82, 2.24) is 4.90 Å². The summed E-state index contributed by atoms with van der Waals surface area (Å²) in [4.78, 5) is 14.4. The molecule has 1 aliphatic carbocycles. The summed E-state index contributed by atoms with van der Waals surface area (Å²) in [6, 6.07) is 2.56. The molecule has 1 amide bonds. The SMILES string of the molecule is Nc1c(F)cc(Cl)cc1C(=O)N1CCOCC(C2CCC2)C1. The van der Waals surface area contributed by atoms with E-state index in [-0.39, 0.29) is 22.2 Å². The molecule has 1 heterocycles. The highest BCUT2D eigenvalue weighted by molar-refractivity contribution is 6.31. The van der Waals surface area contributed by atoms with Crippen LogP contribution in [0.25, 0.3) is 0 Å². The van der Waals surface area contributed by atoms with Gasteiger partial charge in [0.1, 0.15) is 5.82 Å². The average Bonchev–Trinajstić information content (AvgIpc) is 2.66. The first-order valence-corrected chi connectivity index (χ1v) is 8.05. The normalized spacial score (nSPS) is 23.0. The molecule has 0 radical (unpaired) electrons. The molecule has 3 rings (SSSR count). The second-order valence-corrected chi connectivity index (χ2v) is 6.56. The van der Waals surface area contributed by atoms with Gasteiger partial charge in [0.2, 0.25) is 0 Å². The minimum atomic E-state index is -0.655. The molecule has 1 saturated carbocycles. The van der Waals surface area contributed by atoms with Crippen molar-refractivity contribution in [3.63, 3.8) is 0 Å². The van der Waals surface area contributed by atoms with Crippen molar-refractivity contribution in [2.75, 3.05) is 32.0 Å². The lowest BCUT2D eigenvalue weighted by atomic mass is 9.76. The smallest absolute Gasteiger partial charge is 0.256 e. The van der Waals surface area contributed by atoms with E-state index in [0.717, 1.165) is 6.07 Å². The van der Waals surface area contributed by atoms with E-state index in [2.05, 4.69) is 0 Å². The van der Waals surface area contributed by atoms with Crippen LogP contribution in [0.4, 0.5) is 10.1 Å². The Kier molecular flexibility index (Phi) is 4.54. The molecule has 4 nitrogen and oxygen atoms in total. The molecule has 1 atom stereocenters. The molecule has 0 spiro atoms. The summed E-state index contributed by atoms with van der Waals surface area (Å²) in [6.07, 6.45) is 3.65. The molecule has 22 heavy (non-hydrogen) atoms. The monoisotopic (exact) mass is 326 g/mol. The van der Waals surface area contributed by atoms with E-state index < -0.39 is 5.82 Å². The van der Waals surface area contributed by atoms with Crippen LogP contribution in [0.5, 0.6) is 0 Å². The molecule has 1 aromatic rings. The fourth-order valence-electron chi connectivity index (χ4n) is 3.15. The number of nitrogens with zero attached hydrogens (tertiary/aromatic N) is 1. The number of nitrogen functional groups attached to an aromatic ring is 1. The van der Waals surface area contributed by atoms with Crippen LogP contribution in [0.15, 0.2) is 12.1 Å². The van der Waals surface area contributed by atoms with Gasteiger partial charge < -0.3 is 15.4 Å². The Morgan fingerprint density at radius 2 is 2.14 bits per heavy atom. The molecule has 120 valence electrons. The zero-order valence-electron chi connectivity index (χ0n) is 12.4. The summed E-state index contributed by atoms with van der Waals surface area (Å²) in [5, 5.41) is 0.177. The van der Waals surface area contributed by atoms with Gasteiger partial charge in [0, 0.05) is 24.0 Å². The number of halogens is 2. The van der Waals surface area contributed by atoms with Gasteiger partial charge in [-0.3, -0.25) is 4.79 Å². The maximum atomic E-state index is 13.7. The molecule has 2 aliphatic rings. The fraction of sp³-hybridized carbons (Fsp3) is 0.562. The third kappa shape index (κ3) is 3.06. The van der Waals surface area contributed by atoms with Crippen molar-refractivity contribution < 1.29 is 13.9 Å². The first-order valence-electron chi connectivity index (χ1n) is 7.68. The molecule has 0 bridgehead atoms. The van der Waals surface area contributed by atoms with E-state index in [1.165, 1.54) is 25.3 Å². The summed E-state index contributed by atoms with van der Waals surface area (Å²) in [5.74, 6) is 0.0542. The lowest BCUT2D eigenvalue weighted by molar-refractivity contribution is 0.0688. The first-order chi connectivity index (χ1) is 10.6. The molecule has 2 fully saturated rings. The van der Waals surface area contributed by atoms with Gasteiger partial charge in [0.25, 0.3) is 5.91 Å². The van der Waals surface area contributed by atoms with Gasteiger partial charge in [0.05, 0.1) is 24.5 Å². The van der Waals surface area contributed by atoms with E-state index in [1.54, 1.807) is 4.90 Å². The van der Waals surface area contributed by atoms with E-state index in [0.29, 0.717) is 38.1 Å². The lowest BCUT2D eigenvalue weighted by Gasteiger charge is -2.35. The Morgan fingerprint density at radius 1 is 1.36 bits per heavy atom. The Morgan fingerprint density at radius 3 is 2.82 bits per heavy atom. The maximum Gasteiger partial charge on any atom is 0.256 e. The molecule has 1 saturated heterocycles. The van der Waals surface area contributed by atoms with E-state index >= 15 is 0 Å². The highest BCUT2D eigenvalue weighted by Gasteiger charge is 2.32. The van der Waals surface area contributed by atoms with Crippen LogP contribution in [0.1, 0.15) is 29.6 Å². The Balaban J connectivity index is 1.80. The van der Waals surface area contributed by atoms with Crippen LogP contribution in [0.2, 0.25) is 5.02 Å². The topological polar surface area (TPSA) is 55.6 Å². The van der Waals surface area contributed by atoms with Crippen LogP contribution in [0, 0.1) is 17.7 Å². The van der Waals surface area contributed by atoms with Crippen molar-refractivity contribution in [1.29, 1.82) is 0 Å². The number of hydrogen-bond acceptors (Lipinski definition) is 3. The molecule has 1 aliphatic heterocycles. The highest BCUT2D eigenvalue weighted by atomic mass is 35.5. The van der Waals surface area contributed by atoms with Gasteiger partial charge >= 0.3 is 0 Å². The van der Waals surface area contributed by atoms with E-state index in [1.807, 2.05) is 0 Å². The second-order valence-electron chi connectivity index (χ2n) is 6.13. The zero-order valence-corrected chi connectivity index (χ0v) is 13.1. The fourth-order valence-corrected chi connectivity index (χ4v) is 3.35. The summed E-state index contributed by atoms with van der Waals surface area (Å²) in [5.41, 5.74) is 5.72. The predicted octanol–water partition coefficient (Wildman–Crippen LogP) is 2.95. The van der Waals surface area contributed by atoms with Crippen molar-refractivity contribution in [3.05, 3.63) is 28.5 Å². The van der Waals surface area contributed by atoms with Crippen molar-refractivity contribution in [3.8, 4) is 0 Å². The molecule has 2 N–H and O–H groups in total. The third-order valence-electron chi connectivity index (χ3n) is 4.72. The highest BCUT2D eigenvalue weighted by Crippen LogP contribution is 2.35. The van der Waals surface area contributed by atoms with Crippen LogP contribution in [0.3, 0.4) is 0 Å². The number of hydrogen-bond donors (Lipinski definition) is 1. The summed E-state index contributed by atoms with van der Waals surface area (Å²) in [7, 11) is 0. The van der Waals surface area contributed by atoms with Crippen molar-refractivity contribution in [2.24, 2.45) is 11.8 Å². The largest absolute Gasteiger partial charge is 0.396 e. The summed E-state index contributed by atoms with van der Waals surface area (Å²) >= 11 is 5.86. The van der Waals surface area contributed by atoms with Gasteiger partial charge in [-0.15, -0.1) is 0 Å². The number of benzene rings is 1. The molecule has 1 unspecified atom stereocenters. The summed E-state index contributed by atoms with van der Waals surface area (Å²) < 4.78 is 19.3. The number of nitrogens with two attached hydrogens (primary N) is 1. The van der Waals surface area contributed by atoms with Crippen molar-refractivity contribution >= 4 is 23.2 Å². The van der Waals surface area contributed by atoms with Crippen molar-refractivity contribution in [2.45, 2.75) is 19.3 Å². The van der Waals surface area contributed by atoms with Gasteiger partial charge in [0.15, 0.2) is 0 Å². The Hall–Kier alpha value is -1.33. The molecule has 1 aromatic carbocycles. The van der Waals surface area contributed by atoms with Gasteiger partial charge in [-0.2, -0.15) is 0 Å². The maximum absolute atomic E-state index is 13.7.